The van der Waals surface area contributed by atoms with Crippen molar-refractivity contribution in [1.29, 1.82) is 0 Å². The van der Waals surface area contributed by atoms with Gasteiger partial charge in [0.05, 0.1) is 0 Å². The number of carbonyl (C=O) groups excluding carboxylic acids is 1. The molecule has 0 aliphatic carbocycles. The number of aryl methyl sites for hydroxylation is 2. The molecule has 1 saturated heterocycles. The van der Waals surface area contributed by atoms with Gasteiger partial charge in [0, 0.05) is 29.6 Å². The number of amides is 1. The van der Waals surface area contributed by atoms with Gasteiger partial charge < -0.3 is 5.32 Å². The summed E-state index contributed by atoms with van der Waals surface area (Å²) < 4.78 is 27.4. The number of benzene rings is 1. The molecule has 1 fully saturated rings. The molecule has 5 nitrogen and oxygen atoms in total. The average molecular weight is 393 g/mol. The van der Waals surface area contributed by atoms with Crippen LogP contribution in [-0.4, -0.2) is 31.7 Å². The van der Waals surface area contributed by atoms with E-state index in [0.717, 1.165) is 22.5 Å². The van der Waals surface area contributed by atoms with E-state index in [9.17, 15) is 13.2 Å². The molecule has 1 amide bonds. The third-order valence-electron chi connectivity index (χ3n) is 4.72. The Morgan fingerprint density at radius 3 is 2.38 bits per heavy atom. The van der Waals surface area contributed by atoms with Gasteiger partial charge in [-0.15, -0.1) is 11.3 Å². The quantitative estimate of drug-likeness (QED) is 0.844. The molecule has 1 aliphatic rings. The Labute approximate surface area is 159 Å². The van der Waals surface area contributed by atoms with Gasteiger partial charge in [-0.3, -0.25) is 4.79 Å². The highest BCUT2D eigenvalue weighted by Crippen LogP contribution is 2.29. The number of thiophene rings is 1. The number of hydrogen-bond acceptors (Lipinski definition) is 4. The molecule has 26 heavy (non-hydrogen) atoms. The maximum Gasteiger partial charge on any atom is 0.252 e. The SMILES string of the molecule is CCc1ccc(S(=O)(=O)N2CCC(C(=O)Nc3ccc(C)cc3)CC2)s1. The number of nitrogens with zero attached hydrogens (tertiary/aromatic N) is 1. The van der Waals surface area contributed by atoms with Gasteiger partial charge in [-0.1, -0.05) is 24.6 Å². The topological polar surface area (TPSA) is 66.5 Å². The van der Waals surface area contributed by atoms with E-state index in [1.807, 2.05) is 44.2 Å². The van der Waals surface area contributed by atoms with E-state index in [0.29, 0.717) is 30.1 Å². The van der Waals surface area contributed by atoms with Crippen molar-refractivity contribution >= 4 is 33.0 Å². The Kier molecular flexibility index (Phi) is 5.79. The molecule has 0 bridgehead atoms. The summed E-state index contributed by atoms with van der Waals surface area (Å²) in [6.45, 7) is 4.78. The van der Waals surface area contributed by atoms with E-state index < -0.39 is 10.0 Å². The Morgan fingerprint density at radius 1 is 1.15 bits per heavy atom. The minimum atomic E-state index is -3.44. The Morgan fingerprint density at radius 2 is 1.81 bits per heavy atom. The second-order valence-corrected chi connectivity index (χ2v) is 9.94. The van der Waals surface area contributed by atoms with Gasteiger partial charge in [-0.25, -0.2) is 8.42 Å². The van der Waals surface area contributed by atoms with Gasteiger partial charge in [-0.2, -0.15) is 4.31 Å². The van der Waals surface area contributed by atoms with Gasteiger partial charge in [0.2, 0.25) is 5.91 Å². The lowest BCUT2D eigenvalue weighted by Gasteiger charge is -2.30. The molecule has 1 aromatic heterocycles. The minimum absolute atomic E-state index is 0.0321. The lowest BCUT2D eigenvalue weighted by atomic mass is 9.97. The lowest BCUT2D eigenvalue weighted by Crippen LogP contribution is -2.41. The summed E-state index contributed by atoms with van der Waals surface area (Å²) in [4.78, 5) is 13.5. The number of piperidine rings is 1. The molecule has 1 aromatic carbocycles. The standard InChI is InChI=1S/C19H24N2O3S2/c1-3-17-8-9-18(25-17)26(23,24)21-12-10-15(11-13-21)19(22)20-16-6-4-14(2)5-7-16/h4-9,15H,3,10-13H2,1-2H3,(H,20,22). The normalized spacial score (nSPS) is 16.5. The third kappa shape index (κ3) is 4.16. The number of carbonyl (C=O) groups is 1. The average Bonchev–Trinajstić information content (AvgIpc) is 3.14. The van der Waals surface area contributed by atoms with Gasteiger partial charge in [0.1, 0.15) is 4.21 Å². The number of rotatable bonds is 5. The summed E-state index contributed by atoms with van der Waals surface area (Å²) in [5, 5.41) is 2.93. The van der Waals surface area contributed by atoms with Crippen LogP contribution in [0, 0.1) is 12.8 Å². The summed E-state index contributed by atoms with van der Waals surface area (Å²) in [7, 11) is -3.44. The molecule has 1 N–H and O–H groups in total. The van der Waals surface area contributed by atoms with Gasteiger partial charge in [0.25, 0.3) is 10.0 Å². The van der Waals surface area contributed by atoms with E-state index in [1.54, 1.807) is 6.07 Å². The minimum Gasteiger partial charge on any atom is -0.326 e. The first-order valence-electron chi connectivity index (χ1n) is 8.86. The fourth-order valence-corrected chi connectivity index (χ4v) is 5.97. The van der Waals surface area contributed by atoms with E-state index in [1.165, 1.54) is 15.6 Å². The number of anilines is 1. The summed E-state index contributed by atoms with van der Waals surface area (Å²) in [5.41, 5.74) is 1.92. The molecular formula is C19H24N2O3S2. The van der Waals surface area contributed by atoms with Crippen molar-refractivity contribution in [2.75, 3.05) is 18.4 Å². The molecule has 0 spiro atoms. The van der Waals surface area contributed by atoms with Crippen LogP contribution in [-0.2, 0) is 21.2 Å². The first-order valence-corrected chi connectivity index (χ1v) is 11.1. The largest absolute Gasteiger partial charge is 0.326 e. The van der Waals surface area contributed by atoms with Gasteiger partial charge >= 0.3 is 0 Å². The second kappa shape index (κ2) is 7.90. The Bertz CT molecular complexity index is 864. The highest BCUT2D eigenvalue weighted by molar-refractivity contribution is 7.91. The zero-order chi connectivity index (χ0) is 18.7. The van der Waals surface area contributed by atoms with Crippen LogP contribution in [0.15, 0.2) is 40.6 Å². The van der Waals surface area contributed by atoms with Crippen molar-refractivity contribution in [3.63, 3.8) is 0 Å². The van der Waals surface area contributed by atoms with Crippen LogP contribution in [0.25, 0.3) is 0 Å². The van der Waals surface area contributed by atoms with Gasteiger partial charge in [-0.05, 0) is 50.5 Å². The van der Waals surface area contributed by atoms with E-state index in [4.69, 9.17) is 0 Å². The molecule has 1 aliphatic heterocycles. The molecule has 7 heteroatoms. The van der Waals surface area contributed by atoms with Crippen LogP contribution >= 0.6 is 11.3 Å². The first-order chi connectivity index (χ1) is 12.4. The monoisotopic (exact) mass is 392 g/mol. The van der Waals surface area contributed by atoms with Crippen molar-refractivity contribution < 1.29 is 13.2 Å². The fraction of sp³-hybridized carbons (Fsp3) is 0.421. The van der Waals surface area contributed by atoms with E-state index in [-0.39, 0.29) is 11.8 Å². The fourth-order valence-electron chi connectivity index (χ4n) is 3.05. The summed E-state index contributed by atoms with van der Waals surface area (Å²) in [6, 6.07) is 11.2. The molecule has 3 rings (SSSR count). The number of hydrogen-bond donors (Lipinski definition) is 1. The summed E-state index contributed by atoms with van der Waals surface area (Å²) >= 11 is 1.33. The zero-order valence-electron chi connectivity index (χ0n) is 15.1. The van der Waals surface area contributed by atoms with Crippen LogP contribution < -0.4 is 5.32 Å². The molecule has 2 heterocycles. The highest BCUT2D eigenvalue weighted by atomic mass is 32.2. The van der Waals surface area contributed by atoms with Crippen molar-refractivity contribution in [2.24, 2.45) is 5.92 Å². The van der Waals surface area contributed by atoms with Gasteiger partial charge in [0.15, 0.2) is 0 Å². The lowest BCUT2D eigenvalue weighted by molar-refractivity contribution is -0.120. The Balaban J connectivity index is 1.59. The maximum atomic E-state index is 12.8. The molecule has 0 radical (unpaired) electrons. The predicted octanol–water partition coefficient (Wildman–Crippen LogP) is 3.66. The molecular weight excluding hydrogens is 368 g/mol. The molecule has 0 unspecified atom stereocenters. The van der Waals surface area contributed by atoms with Crippen molar-refractivity contribution in [2.45, 2.75) is 37.3 Å². The molecule has 2 aromatic rings. The highest BCUT2D eigenvalue weighted by Gasteiger charge is 2.32. The molecule has 140 valence electrons. The third-order valence-corrected chi connectivity index (χ3v) is 8.32. The second-order valence-electron chi connectivity index (χ2n) is 6.61. The summed E-state index contributed by atoms with van der Waals surface area (Å²) in [6.07, 6.45) is 1.92. The van der Waals surface area contributed by atoms with Crippen LogP contribution in [0.1, 0.15) is 30.2 Å². The smallest absolute Gasteiger partial charge is 0.252 e. The van der Waals surface area contributed by atoms with Crippen LogP contribution in [0.2, 0.25) is 0 Å². The van der Waals surface area contributed by atoms with E-state index >= 15 is 0 Å². The Hall–Kier alpha value is -1.70. The van der Waals surface area contributed by atoms with E-state index in [2.05, 4.69) is 5.32 Å². The number of sulfonamides is 1. The molecule has 0 atom stereocenters. The summed E-state index contributed by atoms with van der Waals surface area (Å²) in [5.74, 6) is -0.187. The van der Waals surface area contributed by atoms with Crippen LogP contribution in [0.4, 0.5) is 5.69 Å². The zero-order valence-corrected chi connectivity index (χ0v) is 16.7. The van der Waals surface area contributed by atoms with Crippen LogP contribution in [0.3, 0.4) is 0 Å². The van der Waals surface area contributed by atoms with Crippen LogP contribution in [0.5, 0.6) is 0 Å². The van der Waals surface area contributed by atoms with Crippen molar-refractivity contribution in [1.82, 2.24) is 4.31 Å². The van der Waals surface area contributed by atoms with Crippen molar-refractivity contribution in [3.05, 3.63) is 46.8 Å². The predicted molar refractivity (Wildman–Crippen MR) is 105 cm³/mol. The maximum absolute atomic E-state index is 12.8. The molecule has 0 saturated carbocycles. The first kappa shape index (κ1) is 19.1. The number of nitrogens with one attached hydrogen (secondary N) is 1. The van der Waals surface area contributed by atoms with Crippen molar-refractivity contribution in [3.8, 4) is 0 Å².